The van der Waals surface area contributed by atoms with E-state index in [9.17, 15) is 4.79 Å². The Kier molecular flexibility index (Phi) is 3.58. The van der Waals surface area contributed by atoms with E-state index in [0.29, 0.717) is 5.75 Å². The molecule has 1 aliphatic rings. The second-order valence-electron chi connectivity index (χ2n) is 4.37. The van der Waals surface area contributed by atoms with Gasteiger partial charge >= 0.3 is 0 Å². The summed E-state index contributed by atoms with van der Waals surface area (Å²) in [4.78, 5) is 11.9. The highest BCUT2D eigenvalue weighted by atomic mass is 79.9. The molecule has 0 unspecified atom stereocenters. The molecule has 4 nitrogen and oxygen atoms in total. The molecule has 0 aromatic heterocycles. The molecule has 0 heterocycles. The van der Waals surface area contributed by atoms with Crippen LogP contribution in [-0.2, 0) is 4.79 Å². The number of amides is 1. The van der Waals surface area contributed by atoms with Gasteiger partial charge in [0.15, 0.2) is 6.10 Å². The maximum Gasteiger partial charge on any atom is 0.262 e. The number of halogens is 1. The molecule has 1 N–H and O–H groups in total. The van der Waals surface area contributed by atoms with Crippen LogP contribution in [0.3, 0.4) is 0 Å². The molecule has 0 radical (unpaired) electrons. The number of carbonyl (C=O) groups is 1. The number of para-hydroxylation sites is 1. The van der Waals surface area contributed by atoms with Crippen molar-refractivity contribution >= 4 is 21.8 Å². The number of carbonyl (C=O) groups excluding carboxylic acids is 1. The van der Waals surface area contributed by atoms with Crippen molar-refractivity contribution in [3.8, 4) is 11.8 Å². The maximum atomic E-state index is 11.9. The van der Waals surface area contributed by atoms with Crippen LogP contribution in [0.5, 0.6) is 5.75 Å². The van der Waals surface area contributed by atoms with Gasteiger partial charge in [-0.1, -0.05) is 12.1 Å². The van der Waals surface area contributed by atoms with E-state index in [4.69, 9.17) is 10.00 Å². The van der Waals surface area contributed by atoms with Crippen molar-refractivity contribution in [2.45, 2.75) is 31.4 Å². The van der Waals surface area contributed by atoms with Gasteiger partial charge in [0.2, 0.25) is 0 Å². The first-order chi connectivity index (χ1) is 8.56. The highest BCUT2D eigenvalue weighted by molar-refractivity contribution is 9.10. The molecular weight excluding hydrogens is 296 g/mol. The Hall–Kier alpha value is -1.54. The second kappa shape index (κ2) is 4.99. The molecule has 1 amide bonds. The van der Waals surface area contributed by atoms with Crippen molar-refractivity contribution in [2.24, 2.45) is 0 Å². The zero-order chi connectivity index (χ0) is 13.2. The van der Waals surface area contributed by atoms with Crippen LogP contribution in [0.15, 0.2) is 28.7 Å². The van der Waals surface area contributed by atoms with Crippen LogP contribution in [0.1, 0.15) is 19.8 Å². The summed E-state index contributed by atoms with van der Waals surface area (Å²) in [5, 5.41) is 11.6. The summed E-state index contributed by atoms with van der Waals surface area (Å²) in [5.74, 6) is 0.353. The average molecular weight is 309 g/mol. The molecule has 0 bridgehead atoms. The summed E-state index contributed by atoms with van der Waals surface area (Å²) in [7, 11) is 0. The van der Waals surface area contributed by atoms with Gasteiger partial charge in [-0.3, -0.25) is 4.79 Å². The Morgan fingerprint density at radius 2 is 2.22 bits per heavy atom. The minimum atomic E-state index is -0.650. The first-order valence-corrected chi connectivity index (χ1v) is 6.50. The molecule has 1 aromatic carbocycles. The lowest BCUT2D eigenvalue weighted by atomic mass is 10.2. The van der Waals surface area contributed by atoms with Gasteiger partial charge in [0.1, 0.15) is 11.3 Å². The fraction of sp³-hybridized carbons (Fsp3) is 0.385. The van der Waals surface area contributed by atoms with Crippen molar-refractivity contribution in [1.29, 1.82) is 5.26 Å². The summed E-state index contributed by atoms with van der Waals surface area (Å²) >= 11 is 3.35. The Labute approximate surface area is 114 Å². The van der Waals surface area contributed by atoms with Crippen LogP contribution >= 0.6 is 15.9 Å². The second-order valence-corrected chi connectivity index (χ2v) is 5.23. The number of hydrogen-bond donors (Lipinski definition) is 1. The largest absolute Gasteiger partial charge is 0.480 e. The third-order valence-electron chi connectivity index (χ3n) is 2.84. The quantitative estimate of drug-likeness (QED) is 0.929. The van der Waals surface area contributed by atoms with E-state index in [0.717, 1.165) is 17.3 Å². The van der Waals surface area contributed by atoms with Gasteiger partial charge < -0.3 is 10.1 Å². The molecule has 1 saturated carbocycles. The molecule has 18 heavy (non-hydrogen) atoms. The van der Waals surface area contributed by atoms with E-state index in [-0.39, 0.29) is 5.91 Å². The molecule has 1 fully saturated rings. The van der Waals surface area contributed by atoms with Crippen LogP contribution in [0, 0.1) is 11.3 Å². The van der Waals surface area contributed by atoms with Crippen molar-refractivity contribution in [3.63, 3.8) is 0 Å². The van der Waals surface area contributed by atoms with Crippen molar-refractivity contribution < 1.29 is 9.53 Å². The number of nitriles is 1. The van der Waals surface area contributed by atoms with Crippen LogP contribution < -0.4 is 10.1 Å². The smallest absolute Gasteiger partial charge is 0.262 e. The zero-order valence-corrected chi connectivity index (χ0v) is 11.5. The number of rotatable bonds is 4. The number of nitrogens with zero attached hydrogens (tertiary/aromatic N) is 1. The molecule has 1 aromatic rings. The first-order valence-electron chi connectivity index (χ1n) is 5.71. The lowest BCUT2D eigenvalue weighted by molar-refractivity contribution is -0.127. The fourth-order valence-corrected chi connectivity index (χ4v) is 1.89. The molecule has 2 rings (SSSR count). The van der Waals surface area contributed by atoms with Crippen LogP contribution in [0.4, 0.5) is 0 Å². The Balaban J connectivity index is 1.96. The highest BCUT2D eigenvalue weighted by Crippen LogP contribution is 2.34. The number of ether oxygens (including phenoxy) is 1. The Morgan fingerprint density at radius 3 is 2.78 bits per heavy atom. The van der Waals surface area contributed by atoms with E-state index >= 15 is 0 Å². The average Bonchev–Trinajstić information content (AvgIpc) is 3.12. The summed E-state index contributed by atoms with van der Waals surface area (Å²) in [5.41, 5.74) is -0.650. The highest BCUT2D eigenvalue weighted by Gasteiger charge is 2.45. The van der Waals surface area contributed by atoms with Crippen molar-refractivity contribution in [3.05, 3.63) is 28.7 Å². The number of nitrogens with one attached hydrogen (secondary N) is 1. The molecule has 0 aliphatic heterocycles. The van der Waals surface area contributed by atoms with Crippen LogP contribution in [0.25, 0.3) is 0 Å². The molecule has 94 valence electrons. The van der Waals surface area contributed by atoms with Gasteiger partial charge in [0.25, 0.3) is 5.91 Å². The molecular formula is C13H13BrN2O2. The topological polar surface area (TPSA) is 62.1 Å². The molecule has 1 atom stereocenters. The predicted octanol–water partition coefficient (Wildman–Crippen LogP) is 2.39. The summed E-state index contributed by atoms with van der Waals surface area (Å²) in [6.07, 6.45) is 0.808. The maximum absolute atomic E-state index is 11.9. The zero-order valence-electron chi connectivity index (χ0n) is 9.94. The van der Waals surface area contributed by atoms with Gasteiger partial charge in [0, 0.05) is 0 Å². The molecule has 0 spiro atoms. The Bertz CT molecular complexity index is 506. The van der Waals surface area contributed by atoms with E-state index < -0.39 is 11.6 Å². The summed E-state index contributed by atoms with van der Waals surface area (Å²) in [6.45, 7) is 1.67. The minimum absolute atomic E-state index is 0.259. The number of hydrogen-bond acceptors (Lipinski definition) is 3. The molecule has 5 heteroatoms. The summed E-state index contributed by atoms with van der Waals surface area (Å²) < 4.78 is 6.35. The van der Waals surface area contributed by atoms with Gasteiger partial charge in [-0.2, -0.15) is 5.26 Å². The van der Waals surface area contributed by atoms with Gasteiger partial charge in [-0.15, -0.1) is 0 Å². The summed E-state index contributed by atoms with van der Waals surface area (Å²) in [6, 6.07) is 9.45. The minimum Gasteiger partial charge on any atom is -0.480 e. The SMILES string of the molecule is C[C@@H](Oc1ccccc1Br)C(=O)NC1(C#N)CC1. The lowest BCUT2D eigenvalue weighted by Gasteiger charge is -2.17. The van der Waals surface area contributed by atoms with Crippen molar-refractivity contribution in [2.75, 3.05) is 0 Å². The fourth-order valence-electron chi connectivity index (χ4n) is 1.51. The van der Waals surface area contributed by atoms with E-state index in [1.807, 2.05) is 18.2 Å². The van der Waals surface area contributed by atoms with E-state index in [1.165, 1.54) is 0 Å². The molecule has 1 aliphatic carbocycles. The van der Waals surface area contributed by atoms with Gasteiger partial charge in [0.05, 0.1) is 10.5 Å². The van der Waals surface area contributed by atoms with Gasteiger partial charge in [-0.05, 0) is 47.8 Å². The van der Waals surface area contributed by atoms with Crippen LogP contribution in [0.2, 0.25) is 0 Å². The third-order valence-corrected chi connectivity index (χ3v) is 3.49. The lowest BCUT2D eigenvalue weighted by Crippen LogP contribution is -2.43. The monoisotopic (exact) mass is 308 g/mol. The standard InChI is InChI=1S/C13H13BrN2O2/c1-9(12(17)16-13(8-15)6-7-13)18-11-5-3-2-4-10(11)14/h2-5,9H,6-7H2,1H3,(H,16,17)/t9-/m1/s1. The van der Waals surface area contributed by atoms with Crippen molar-refractivity contribution in [1.82, 2.24) is 5.32 Å². The third kappa shape index (κ3) is 2.82. The first kappa shape index (κ1) is 12.9. The van der Waals surface area contributed by atoms with E-state index in [2.05, 4.69) is 27.3 Å². The Morgan fingerprint density at radius 1 is 1.56 bits per heavy atom. The predicted molar refractivity (Wildman–Crippen MR) is 70.0 cm³/mol. The van der Waals surface area contributed by atoms with Crippen LogP contribution in [-0.4, -0.2) is 17.6 Å². The number of benzene rings is 1. The van der Waals surface area contributed by atoms with Gasteiger partial charge in [-0.25, -0.2) is 0 Å². The molecule has 0 saturated heterocycles. The van der Waals surface area contributed by atoms with E-state index in [1.54, 1.807) is 13.0 Å². The normalized spacial score (nSPS) is 17.4.